The van der Waals surface area contributed by atoms with E-state index in [1.807, 2.05) is 17.0 Å². The van der Waals surface area contributed by atoms with Gasteiger partial charge in [0.25, 0.3) is 0 Å². The first-order valence-corrected chi connectivity index (χ1v) is 12.6. The molecule has 1 atom stereocenters. The van der Waals surface area contributed by atoms with E-state index in [1.165, 1.54) is 0 Å². The molecule has 6 nitrogen and oxygen atoms in total. The molecule has 1 amide bonds. The van der Waals surface area contributed by atoms with Gasteiger partial charge < -0.3 is 9.80 Å². The average Bonchev–Trinajstić information content (AvgIpc) is 2.69. The number of carbonyl (C=O) groups is 1. The van der Waals surface area contributed by atoms with Crippen molar-refractivity contribution in [2.75, 3.05) is 25.4 Å². The lowest BCUT2D eigenvalue weighted by Crippen LogP contribution is -2.57. The Morgan fingerprint density at radius 1 is 1.10 bits per heavy atom. The minimum Gasteiger partial charge on any atom is -0.338 e. The summed E-state index contributed by atoms with van der Waals surface area (Å²) in [4.78, 5) is 17.4. The highest BCUT2D eigenvalue weighted by Gasteiger charge is 2.36. The molecule has 3 rings (SSSR count). The Labute approximate surface area is 179 Å². The van der Waals surface area contributed by atoms with Gasteiger partial charge in [0.15, 0.2) is 0 Å². The zero-order valence-corrected chi connectivity index (χ0v) is 18.9. The number of aryl methyl sites for hydroxylation is 1. The molecule has 0 spiro atoms. The van der Waals surface area contributed by atoms with E-state index in [-0.39, 0.29) is 17.7 Å². The lowest BCUT2D eigenvalue weighted by molar-refractivity contribution is -0.139. The molecule has 1 aromatic rings. The number of likely N-dealkylation sites (tertiary alicyclic amines) is 2. The van der Waals surface area contributed by atoms with Crippen LogP contribution in [0.2, 0.25) is 5.02 Å². The summed E-state index contributed by atoms with van der Waals surface area (Å²) >= 11 is 5.87. The second kappa shape index (κ2) is 9.77. The number of piperidine rings is 2. The molecule has 162 valence electrons. The number of amides is 1. The van der Waals surface area contributed by atoms with Crippen LogP contribution in [0.4, 0.5) is 0 Å². The first kappa shape index (κ1) is 22.5. The van der Waals surface area contributed by atoms with Gasteiger partial charge in [-0.15, -0.1) is 0 Å². The molecule has 2 aliphatic rings. The number of nitrogens with one attached hydrogen (secondary N) is 1. The number of benzene rings is 1. The number of nitrogens with zero attached hydrogens (tertiary/aromatic N) is 2. The van der Waals surface area contributed by atoms with E-state index < -0.39 is 16.1 Å². The van der Waals surface area contributed by atoms with Gasteiger partial charge in [-0.05, 0) is 63.6 Å². The predicted molar refractivity (Wildman–Crippen MR) is 117 cm³/mol. The predicted octanol–water partition coefficient (Wildman–Crippen LogP) is 2.67. The molecule has 2 heterocycles. The molecule has 0 aromatic heterocycles. The molecular weight excluding hydrogens is 410 g/mol. The summed E-state index contributed by atoms with van der Waals surface area (Å²) in [6.07, 6.45) is 3.71. The van der Waals surface area contributed by atoms with Crippen LogP contribution in [0.1, 0.15) is 45.1 Å². The fraction of sp³-hybridized carbons (Fsp3) is 0.667. The van der Waals surface area contributed by atoms with Crippen molar-refractivity contribution in [3.63, 3.8) is 0 Å². The van der Waals surface area contributed by atoms with Crippen molar-refractivity contribution < 1.29 is 13.2 Å². The Morgan fingerprint density at radius 2 is 1.76 bits per heavy atom. The van der Waals surface area contributed by atoms with Crippen molar-refractivity contribution in [3.8, 4) is 0 Å². The molecule has 2 fully saturated rings. The fourth-order valence-corrected chi connectivity index (χ4v) is 5.66. The van der Waals surface area contributed by atoms with Crippen LogP contribution in [0.3, 0.4) is 0 Å². The van der Waals surface area contributed by atoms with Gasteiger partial charge in [0.2, 0.25) is 15.9 Å². The van der Waals surface area contributed by atoms with E-state index in [0.29, 0.717) is 23.9 Å². The fourth-order valence-electron chi connectivity index (χ4n) is 4.26. The monoisotopic (exact) mass is 441 g/mol. The Morgan fingerprint density at radius 3 is 2.38 bits per heavy atom. The molecule has 29 heavy (non-hydrogen) atoms. The van der Waals surface area contributed by atoms with Gasteiger partial charge in [0.1, 0.15) is 6.04 Å². The third-order valence-electron chi connectivity index (χ3n) is 6.04. The summed E-state index contributed by atoms with van der Waals surface area (Å²) in [7, 11) is -3.54. The van der Waals surface area contributed by atoms with Gasteiger partial charge in [0, 0.05) is 36.7 Å². The van der Waals surface area contributed by atoms with E-state index >= 15 is 0 Å². The molecule has 0 saturated carbocycles. The van der Waals surface area contributed by atoms with Crippen molar-refractivity contribution in [2.24, 2.45) is 0 Å². The maximum atomic E-state index is 13.0. The van der Waals surface area contributed by atoms with Gasteiger partial charge in [-0.25, -0.2) is 13.1 Å². The zero-order valence-electron chi connectivity index (χ0n) is 17.3. The van der Waals surface area contributed by atoms with Gasteiger partial charge in [-0.3, -0.25) is 4.79 Å². The second-order valence-electron chi connectivity index (χ2n) is 8.40. The Kier molecular flexibility index (Phi) is 7.59. The molecular formula is C21H32ClN3O3S. The molecule has 1 aromatic carbocycles. The number of sulfonamides is 1. The quantitative estimate of drug-likeness (QED) is 0.706. The van der Waals surface area contributed by atoms with Gasteiger partial charge in [-0.1, -0.05) is 23.7 Å². The van der Waals surface area contributed by atoms with E-state index in [4.69, 9.17) is 11.6 Å². The molecule has 0 bridgehead atoms. The summed E-state index contributed by atoms with van der Waals surface area (Å²) in [5.41, 5.74) is 0.910. The molecule has 8 heteroatoms. The summed E-state index contributed by atoms with van der Waals surface area (Å²) in [5, 5.41) is 0.627. The lowest BCUT2D eigenvalue weighted by Gasteiger charge is -2.43. The van der Waals surface area contributed by atoms with E-state index in [1.54, 1.807) is 12.1 Å². The van der Waals surface area contributed by atoms with E-state index in [0.717, 1.165) is 44.5 Å². The maximum Gasteiger partial charge on any atom is 0.240 e. The minimum absolute atomic E-state index is 0.0365. The average molecular weight is 442 g/mol. The molecule has 1 N–H and O–H groups in total. The SMILES string of the molecule is CC(C)N1CCC(N2CCC[C@H](NS(=O)(=O)CCc3ccc(Cl)cc3)C2=O)CC1. The number of halogens is 1. The van der Waals surface area contributed by atoms with Crippen LogP contribution in [0.25, 0.3) is 0 Å². The lowest BCUT2D eigenvalue weighted by atomic mass is 9.97. The van der Waals surface area contributed by atoms with Crippen molar-refractivity contribution in [1.29, 1.82) is 0 Å². The first-order chi connectivity index (χ1) is 13.7. The van der Waals surface area contributed by atoms with E-state index in [2.05, 4.69) is 23.5 Å². The highest BCUT2D eigenvalue weighted by molar-refractivity contribution is 7.89. The van der Waals surface area contributed by atoms with Crippen LogP contribution in [0.5, 0.6) is 0 Å². The van der Waals surface area contributed by atoms with Crippen LogP contribution >= 0.6 is 11.6 Å². The second-order valence-corrected chi connectivity index (χ2v) is 10.7. The van der Waals surface area contributed by atoms with Crippen LogP contribution in [-0.2, 0) is 21.2 Å². The van der Waals surface area contributed by atoms with Gasteiger partial charge >= 0.3 is 0 Å². The van der Waals surface area contributed by atoms with Crippen molar-refractivity contribution in [1.82, 2.24) is 14.5 Å². The van der Waals surface area contributed by atoms with Crippen molar-refractivity contribution >= 4 is 27.5 Å². The van der Waals surface area contributed by atoms with Crippen LogP contribution in [0.15, 0.2) is 24.3 Å². The van der Waals surface area contributed by atoms with Crippen molar-refractivity contribution in [3.05, 3.63) is 34.9 Å². The molecule has 0 aliphatic carbocycles. The zero-order chi connectivity index (χ0) is 21.0. The highest BCUT2D eigenvalue weighted by atomic mass is 35.5. The first-order valence-electron chi connectivity index (χ1n) is 10.5. The number of hydrogen-bond acceptors (Lipinski definition) is 4. The topological polar surface area (TPSA) is 69.7 Å². The highest BCUT2D eigenvalue weighted by Crippen LogP contribution is 2.23. The Hall–Kier alpha value is -1.15. The molecule has 0 unspecified atom stereocenters. The number of hydrogen-bond donors (Lipinski definition) is 1. The van der Waals surface area contributed by atoms with Crippen LogP contribution < -0.4 is 4.72 Å². The Bertz CT molecular complexity index is 790. The van der Waals surface area contributed by atoms with E-state index in [9.17, 15) is 13.2 Å². The smallest absolute Gasteiger partial charge is 0.240 e. The molecule has 2 saturated heterocycles. The summed E-state index contributed by atoms with van der Waals surface area (Å²) in [5.74, 6) is -0.0973. The standard InChI is InChI=1S/C21H32ClN3O3S/c1-16(2)24-13-9-19(10-14-24)25-12-3-4-20(21(25)26)23-29(27,28)15-11-17-5-7-18(22)8-6-17/h5-8,16,19-20,23H,3-4,9-15H2,1-2H3/t20-/m0/s1. The van der Waals surface area contributed by atoms with Crippen LogP contribution in [0, 0.1) is 0 Å². The minimum atomic E-state index is -3.54. The van der Waals surface area contributed by atoms with Crippen molar-refractivity contribution in [2.45, 2.75) is 64.1 Å². The largest absolute Gasteiger partial charge is 0.338 e. The Balaban J connectivity index is 1.54. The summed E-state index contributed by atoms with van der Waals surface area (Å²) < 4.78 is 27.8. The maximum absolute atomic E-state index is 13.0. The molecule has 0 radical (unpaired) electrons. The normalized spacial score (nSPS) is 22.4. The number of carbonyl (C=O) groups excluding carboxylic acids is 1. The van der Waals surface area contributed by atoms with Gasteiger partial charge in [0.05, 0.1) is 5.75 Å². The molecule has 2 aliphatic heterocycles. The summed E-state index contributed by atoms with van der Waals surface area (Å²) in [6, 6.07) is 7.27. The van der Waals surface area contributed by atoms with Gasteiger partial charge in [-0.2, -0.15) is 0 Å². The number of rotatable bonds is 7. The summed E-state index contributed by atoms with van der Waals surface area (Å²) in [6.45, 7) is 7.10. The third-order valence-corrected chi connectivity index (χ3v) is 7.67. The third kappa shape index (κ3) is 6.17. The van der Waals surface area contributed by atoms with Crippen LogP contribution in [-0.4, -0.2) is 67.6 Å².